The van der Waals surface area contributed by atoms with E-state index in [1.807, 2.05) is 42.5 Å². The predicted octanol–water partition coefficient (Wildman–Crippen LogP) is 2.91. The third-order valence-electron chi connectivity index (χ3n) is 5.44. The summed E-state index contributed by atoms with van der Waals surface area (Å²) in [5.41, 5.74) is 4.44. The zero-order chi connectivity index (χ0) is 18.5. The van der Waals surface area contributed by atoms with E-state index in [0.717, 1.165) is 33.5 Å². The van der Waals surface area contributed by atoms with E-state index in [0.29, 0.717) is 19.5 Å². The highest BCUT2D eigenvalue weighted by Gasteiger charge is 2.31. The number of anilines is 2. The van der Waals surface area contributed by atoms with Gasteiger partial charge in [0.05, 0.1) is 11.2 Å². The van der Waals surface area contributed by atoms with Gasteiger partial charge in [0.1, 0.15) is 0 Å². The fourth-order valence-corrected chi connectivity index (χ4v) is 4.01. The monoisotopic (exact) mass is 361 g/mol. The number of urea groups is 1. The van der Waals surface area contributed by atoms with Crippen molar-refractivity contribution in [3.63, 3.8) is 0 Å². The Morgan fingerprint density at radius 3 is 2.78 bits per heavy atom. The van der Waals surface area contributed by atoms with Crippen molar-refractivity contribution in [1.29, 1.82) is 0 Å². The van der Waals surface area contributed by atoms with E-state index in [1.54, 1.807) is 16.8 Å². The number of likely N-dealkylation sites (N-methyl/N-ethyl adjacent to an activating group) is 1. The lowest BCUT2D eigenvalue weighted by Gasteiger charge is -2.27. The number of fused-ring (bicyclic) bond motifs is 2. The molecule has 1 atom stereocenters. The van der Waals surface area contributed by atoms with Crippen LogP contribution < -0.4 is 10.2 Å². The fourth-order valence-electron chi connectivity index (χ4n) is 4.01. The number of rotatable bonds is 2. The Labute approximate surface area is 156 Å². The molecule has 3 amide bonds. The van der Waals surface area contributed by atoms with Gasteiger partial charge in [-0.1, -0.05) is 24.3 Å². The molecule has 0 radical (unpaired) electrons. The van der Waals surface area contributed by atoms with Crippen molar-refractivity contribution in [2.45, 2.75) is 12.3 Å². The molecule has 3 aromatic rings. The largest absolute Gasteiger partial charge is 0.326 e. The van der Waals surface area contributed by atoms with Crippen molar-refractivity contribution in [2.75, 3.05) is 30.4 Å². The molecule has 2 N–H and O–H groups in total. The zero-order valence-corrected chi connectivity index (χ0v) is 14.9. The summed E-state index contributed by atoms with van der Waals surface area (Å²) >= 11 is 0. The molecule has 2 aromatic carbocycles. The van der Waals surface area contributed by atoms with Gasteiger partial charge in [-0.2, -0.15) is 5.10 Å². The number of carbonyl (C=O) groups excluding carboxylic acids is 2. The van der Waals surface area contributed by atoms with Gasteiger partial charge in [0.2, 0.25) is 5.91 Å². The average Bonchev–Trinajstić information content (AvgIpc) is 3.24. The average molecular weight is 361 g/mol. The minimum absolute atomic E-state index is 0.0202. The van der Waals surface area contributed by atoms with Crippen molar-refractivity contribution in [3.8, 4) is 0 Å². The molecular weight excluding hydrogens is 342 g/mol. The molecule has 5 rings (SSSR count). The highest BCUT2D eigenvalue weighted by Crippen LogP contribution is 2.40. The summed E-state index contributed by atoms with van der Waals surface area (Å²) in [6, 6.07) is 13.7. The van der Waals surface area contributed by atoms with Gasteiger partial charge in [0.15, 0.2) is 0 Å². The van der Waals surface area contributed by atoms with Gasteiger partial charge in [-0.25, -0.2) is 4.79 Å². The van der Waals surface area contributed by atoms with Crippen LogP contribution in [0, 0.1) is 0 Å². The van der Waals surface area contributed by atoms with Gasteiger partial charge in [0, 0.05) is 49.2 Å². The van der Waals surface area contributed by atoms with E-state index in [-0.39, 0.29) is 17.9 Å². The third kappa shape index (κ3) is 2.46. The minimum atomic E-state index is -0.0906. The van der Waals surface area contributed by atoms with Gasteiger partial charge < -0.3 is 10.2 Å². The van der Waals surface area contributed by atoms with E-state index < -0.39 is 0 Å². The second kappa shape index (κ2) is 5.84. The number of nitrogens with zero attached hydrogens (tertiary/aromatic N) is 3. The first-order valence-electron chi connectivity index (χ1n) is 9.01. The van der Waals surface area contributed by atoms with Crippen LogP contribution in [0.3, 0.4) is 0 Å². The SMILES string of the molecule is CN1CCN(c2ccc3c(c2)NC(=O)CC3c2[nH]nc3ccccc23)C1=O. The smallest absolute Gasteiger partial charge is 0.324 e. The van der Waals surface area contributed by atoms with Gasteiger partial charge in [0.25, 0.3) is 0 Å². The number of aromatic amines is 1. The molecule has 1 fully saturated rings. The molecule has 3 heterocycles. The first-order valence-corrected chi connectivity index (χ1v) is 9.01. The molecule has 0 spiro atoms. The molecule has 0 bridgehead atoms. The molecule has 1 aromatic heterocycles. The Balaban J connectivity index is 1.58. The van der Waals surface area contributed by atoms with Crippen LogP contribution in [0.1, 0.15) is 23.6 Å². The third-order valence-corrected chi connectivity index (χ3v) is 5.44. The second-order valence-electron chi connectivity index (χ2n) is 7.09. The summed E-state index contributed by atoms with van der Waals surface area (Å²) in [6.45, 7) is 1.35. The van der Waals surface area contributed by atoms with Crippen LogP contribution >= 0.6 is 0 Å². The Morgan fingerprint density at radius 2 is 1.96 bits per heavy atom. The number of hydrogen-bond acceptors (Lipinski definition) is 3. The summed E-state index contributed by atoms with van der Waals surface area (Å²) in [4.78, 5) is 28.1. The van der Waals surface area contributed by atoms with Gasteiger partial charge in [-0.3, -0.25) is 14.8 Å². The van der Waals surface area contributed by atoms with E-state index in [9.17, 15) is 9.59 Å². The number of H-pyrrole nitrogens is 1. The Hall–Kier alpha value is -3.35. The first-order chi connectivity index (χ1) is 13.1. The molecule has 0 aliphatic carbocycles. The topological polar surface area (TPSA) is 81.3 Å². The first kappa shape index (κ1) is 15.9. The molecule has 7 nitrogen and oxygen atoms in total. The van der Waals surface area contributed by atoms with Crippen LogP contribution in [0.5, 0.6) is 0 Å². The maximum Gasteiger partial charge on any atom is 0.324 e. The highest BCUT2D eigenvalue weighted by atomic mass is 16.2. The van der Waals surface area contributed by atoms with Crippen LogP contribution in [-0.4, -0.2) is 47.2 Å². The maximum atomic E-state index is 12.4. The maximum absolute atomic E-state index is 12.4. The van der Waals surface area contributed by atoms with E-state index in [4.69, 9.17) is 0 Å². The number of carbonyl (C=O) groups is 2. The molecule has 136 valence electrons. The number of hydrogen-bond donors (Lipinski definition) is 2. The van der Waals surface area contributed by atoms with Crippen LogP contribution in [0.25, 0.3) is 10.9 Å². The molecule has 0 saturated carbocycles. The highest BCUT2D eigenvalue weighted by molar-refractivity contribution is 5.99. The lowest BCUT2D eigenvalue weighted by atomic mass is 9.86. The van der Waals surface area contributed by atoms with Crippen LogP contribution in [0.2, 0.25) is 0 Å². The van der Waals surface area contributed by atoms with Gasteiger partial charge >= 0.3 is 6.03 Å². The number of amides is 3. The van der Waals surface area contributed by atoms with E-state index in [2.05, 4.69) is 15.5 Å². The lowest BCUT2D eigenvalue weighted by Crippen LogP contribution is -2.30. The summed E-state index contributed by atoms with van der Waals surface area (Å²) in [6.07, 6.45) is 0.365. The van der Waals surface area contributed by atoms with Crippen LogP contribution in [-0.2, 0) is 4.79 Å². The molecule has 1 saturated heterocycles. The molecular formula is C20H19N5O2. The second-order valence-corrected chi connectivity index (χ2v) is 7.09. The summed E-state index contributed by atoms with van der Waals surface area (Å²) < 4.78 is 0. The molecule has 1 unspecified atom stereocenters. The standard InChI is InChI=1S/C20H19N5O2/c1-24-8-9-25(20(24)27)12-6-7-13-15(11-18(26)21-17(13)10-12)19-14-4-2-3-5-16(14)22-23-19/h2-7,10,15H,8-9,11H2,1H3,(H,21,26)(H,22,23). The van der Waals surface area contributed by atoms with Crippen molar-refractivity contribution in [3.05, 3.63) is 53.7 Å². The number of nitrogens with one attached hydrogen (secondary N) is 2. The Kier molecular flexibility index (Phi) is 3.43. The van der Waals surface area contributed by atoms with Crippen molar-refractivity contribution in [1.82, 2.24) is 15.1 Å². The van der Waals surface area contributed by atoms with E-state index >= 15 is 0 Å². The van der Waals surface area contributed by atoms with Crippen molar-refractivity contribution < 1.29 is 9.59 Å². The number of para-hydroxylation sites is 1. The fraction of sp³-hybridized carbons (Fsp3) is 0.250. The quantitative estimate of drug-likeness (QED) is 0.736. The summed E-state index contributed by atoms with van der Waals surface area (Å²) in [7, 11) is 1.79. The predicted molar refractivity (Wildman–Crippen MR) is 103 cm³/mol. The molecule has 2 aliphatic heterocycles. The molecule has 27 heavy (non-hydrogen) atoms. The van der Waals surface area contributed by atoms with Crippen molar-refractivity contribution >= 4 is 34.2 Å². The number of benzene rings is 2. The molecule has 2 aliphatic rings. The van der Waals surface area contributed by atoms with Crippen LogP contribution in [0.4, 0.5) is 16.2 Å². The lowest BCUT2D eigenvalue weighted by molar-refractivity contribution is -0.116. The van der Waals surface area contributed by atoms with Crippen LogP contribution in [0.15, 0.2) is 42.5 Å². The van der Waals surface area contributed by atoms with E-state index in [1.165, 1.54) is 0 Å². The van der Waals surface area contributed by atoms with Crippen molar-refractivity contribution in [2.24, 2.45) is 0 Å². The van der Waals surface area contributed by atoms with Gasteiger partial charge in [-0.15, -0.1) is 0 Å². The summed E-state index contributed by atoms with van der Waals surface area (Å²) in [5, 5.41) is 11.5. The molecule has 7 heteroatoms. The Bertz CT molecular complexity index is 1070. The normalized spacial score (nSPS) is 19.5. The Morgan fingerprint density at radius 1 is 1.11 bits per heavy atom. The van der Waals surface area contributed by atoms with Gasteiger partial charge in [-0.05, 0) is 23.8 Å². The summed E-state index contributed by atoms with van der Waals surface area (Å²) in [5.74, 6) is -0.125. The minimum Gasteiger partial charge on any atom is -0.326 e. The number of aromatic nitrogens is 2. The zero-order valence-electron chi connectivity index (χ0n) is 14.9.